The lowest BCUT2D eigenvalue weighted by Gasteiger charge is -2.26. The van der Waals surface area contributed by atoms with Gasteiger partial charge in [0, 0.05) is 23.6 Å². The number of aromatic amines is 2. The first-order chi connectivity index (χ1) is 11.3. The first kappa shape index (κ1) is 14.3. The van der Waals surface area contributed by atoms with E-state index in [9.17, 15) is 4.79 Å². The SMILES string of the molecule is O=c1[nH]cccc1-c1cc2cc(CN3CCCCC3)ccc2[nH]1. The molecule has 1 saturated heterocycles. The maximum Gasteiger partial charge on any atom is 0.257 e. The summed E-state index contributed by atoms with van der Waals surface area (Å²) < 4.78 is 0. The van der Waals surface area contributed by atoms with Crippen molar-refractivity contribution in [3.63, 3.8) is 0 Å². The molecule has 23 heavy (non-hydrogen) atoms. The fourth-order valence-electron chi connectivity index (χ4n) is 3.43. The monoisotopic (exact) mass is 307 g/mol. The Bertz CT molecular complexity index is 871. The molecule has 0 atom stereocenters. The normalized spacial score (nSPS) is 16.0. The van der Waals surface area contributed by atoms with Crippen molar-refractivity contribution < 1.29 is 0 Å². The highest BCUT2D eigenvalue weighted by Gasteiger charge is 2.11. The molecule has 118 valence electrons. The van der Waals surface area contributed by atoms with Gasteiger partial charge in [-0.25, -0.2) is 0 Å². The maximum absolute atomic E-state index is 11.9. The predicted octanol–water partition coefficient (Wildman–Crippen LogP) is 3.51. The van der Waals surface area contributed by atoms with Crippen molar-refractivity contribution in [3.8, 4) is 11.3 Å². The minimum atomic E-state index is -0.0624. The van der Waals surface area contributed by atoms with Gasteiger partial charge in [0.05, 0.1) is 11.3 Å². The van der Waals surface area contributed by atoms with E-state index in [1.807, 2.05) is 12.1 Å². The lowest BCUT2D eigenvalue weighted by Crippen LogP contribution is -2.28. The van der Waals surface area contributed by atoms with E-state index < -0.39 is 0 Å². The molecule has 2 N–H and O–H groups in total. The predicted molar refractivity (Wildman–Crippen MR) is 93.5 cm³/mol. The molecule has 0 bridgehead atoms. The van der Waals surface area contributed by atoms with Crippen LogP contribution in [-0.2, 0) is 6.54 Å². The number of hydrogen-bond donors (Lipinski definition) is 2. The molecule has 0 amide bonds. The van der Waals surface area contributed by atoms with Crippen LogP contribution in [-0.4, -0.2) is 28.0 Å². The second kappa shape index (κ2) is 6.05. The first-order valence-electron chi connectivity index (χ1n) is 8.32. The number of nitrogens with one attached hydrogen (secondary N) is 2. The third-order valence-electron chi connectivity index (χ3n) is 4.65. The van der Waals surface area contributed by atoms with E-state index in [2.05, 4.69) is 39.1 Å². The molecular weight excluding hydrogens is 286 g/mol. The van der Waals surface area contributed by atoms with Crippen LogP contribution >= 0.6 is 0 Å². The molecule has 0 aliphatic carbocycles. The molecule has 1 aliphatic heterocycles. The van der Waals surface area contributed by atoms with Crippen molar-refractivity contribution in [2.24, 2.45) is 0 Å². The summed E-state index contributed by atoms with van der Waals surface area (Å²) >= 11 is 0. The average molecular weight is 307 g/mol. The Balaban J connectivity index is 1.64. The minimum absolute atomic E-state index is 0.0624. The van der Waals surface area contributed by atoms with Crippen LogP contribution in [0.1, 0.15) is 24.8 Å². The number of nitrogens with zero attached hydrogens (tertiary/aromatic N) is 1. The molecule has 4 nitrogen and oxygen atoms in total. The number of rotatable bonds is 3. The van der Waals surface area contributed by atoms with E-state index in [0.29, 0.717) is 5.56 Å². The smallest absolute Gasteiger partial charge is 0.257 e. The molecule has 0 saturated carbocycles. The van der Waals surface area contributed by atoms with Gasteiger partial charge in [-0.3, -0.25) is 9.69 Å². The number of likely N-dealkylation sites (tertiary alicyclic amines) is 1. The summed E-state index contributed by atoms with van der Waals surface area (Å²) in [4.78, 5) is 20.5. The molecule has 1 aromatic carbocycles. The Morgan fingerprint density at radius 1 is 1.04 bits per heavy atom. The van der Waals surface area contributed by atoms with E-state index >= 15 is 0 Å². The minimum Gasteiger partial charge on any atom is -0.354 e. The van der Waals surface area contributed by atoms with E-state index in [4.69, 9.17) is 0 Å². The number of benzene rings is 1. The average Bonchev–Trinajstić information content (AvgIpc) is 2.99. The molecule has 1 aliphatic rings. The van der Waals surface area contributed by atoms with Crippen LogP contribution < -0.4 is 5.56 Å². The first-order valence-corrected chi connectivity index (χ1v) is 8.32. The molecule has 3 heterocycles. The lowest BCUT2D eigenvalue weighted by atomic mass is 10.1. The topological polar surface area (TPSA) is 51.9 Å². The molecule has 0 unspecified atom stereocenters. The van der Waals surface area contributed by atoms with Crippen LogP contribution in [0.4, 0.5) is 0 Å². The summed E-state index contributed by atoms with van der Waals surface area (Å²) in [6.07, 6.45) is 5.65. The Morgan fingerprint density at radius 3 is 2.74 bits per heavy atom. The fraction of sp³-hybridized carbons (Fsp3) is 0.316. The zero-order valence-corrected chi connectivity index (χ0v) is 13.1. The van der Waals surface area contributed by atoms with Gasteiger partial charge in [0.25, 0.3) is 5.56 Å². The van der Waals surface area contributed by atoms with Gasteiger partial charge < -0.3 is 9.97 Å². The Labute approximate surface area is 135 Å². The van der Waals surface area contributed by atoms with Crippen LogP contribution in [0.3, 0.4) is 0 Å². The van der Waals surface area contributed by atoms with Gasteiger partial charge in [0.2, 0.25) is 0 Å². The summed E-state index contributed by atoms with van der Waals surface area (Å²) in [5.74, 6) is 0. The van der Waals surface area contributed by atoms with Crippen LogP contribution in [0.15, 0.2) is 47.4 Å². The second-order valence-electron chi connectivity index (χ2n) is 6.35. The molecule has 3 aromatic rings. The number of pyridine rings is 1. The van der Waals surface area contributed by atoms with E-state index in [0.717, 1.165) is 23.1 Å². The number of piperidine rings is 1. The highest BCUT2D eigenvalue weighted by molar-refractivity contribution is 5.86. The number of H-pyrrole nitrogens is 2. The van der Waals surface area contributed by atoms with Crippen molar-refractivity contribution in [2.45, 2.75) is 25.8 Å². The van der Waals surface area contributed by atoms with E-state index in [-0.39, 0.29) is 5.56 Å². The fourth-order valence-corrected chi connectivity index (χ4v) is 3.43. The van der Waals surface area contributed by atoms with Gasteiger partial charge in [-0.2, -0.15) is 0 Å². The van der Waals surface area contributed by atoms with Crippen molar-refractivity contribution in [1.29, 1.82) is 0 Å². The Hall–Kier alpha value is -2.33. The van der Waals surface area contributed by atoms with Gasteiger partial charge in [-0.05, 0) is 61.8 Å². The second-order valence-corrected chi connectivity index (χ2v) is 6.35. The van der Waals surface area contributed by atoms with Crippen LogP contribution in [0, 0.1) is 0 Å². The van der Waals surface area contributed by atoms with Gasteiger partial charge in [-0.15, -0.1) is 0 Å². The van der Waals surface area contributed by atoms with Crippen molar-refractivity contribution >= 4 is 10.9 Å². The molecule has 0 spiro atoms. The van der Waals surface area contributed by atoms with Crippen molar-refractivity contribution in [1.82, 2.24) is 14.9 Å². The van der Waals surface area contributed by atoms with Crippen LogP contribution in [0.2, 0.25) is 0 Å². The zero-order chi connectivity index (χ0) is 15.6. The van der Waals surface area contributed by atoms with Crippen LogP contribution in [0.25, 0.3) is 22.2 Å². The molecule has 1 fully saturated rings. The highest BCUT2D eigenvalue weighted by Crippen LogP contribution is 2.24. The highest BCUT2D eigenvalue weighted by atomic mass is 16.1. The quantitative estimate of drug-likeness (QED) is 0.778. The summed E-state index contributed by atoms with van der Waals surface area (Å²) in [7, 11) is 0. The Morgan fingerprint density at radius 2 is 1.91 bits per heavy atom. The maximum atomic E-state index is 11.9. The Kier molecular flexibility index (Phi) is 3.75. The van der Waals surface area contributed by atoms with E-state index in [1.165, 1.54) is 37.9 Å². The number of aromatic nitrogens is 2. The van der Waals surface area contributed by atoms with Crippen molar-refractivity contribution in [2.75, 3.05) is 13.1 Å². The molecule has 4 heteroatoms. The van der Waals surface area contributed by atoms with Gasteiger partial charge >= 0.3 is 0 Å². The van der Waals surface area contributed by atoms with Gasteiger partial charge in [0.1, 0.15) is 0 Å². The number of fused-ring (bicyclic) bond motifs is 1. The molecule has 0 radical (unpaired) electrons. The van der Waals surface area contributed by atoms with Gasteiger partial charge in [0.15, 0.2) is 0 Å². The summed E-state index contributed by atoms with van der Waals surface area (Å²) in [6, 6.07) is 12.3. The third-order valence-corrected chi connectivity index (χ3v) is 4.65. The van der Waals surface area contributed by atoms with Crippen molar-refractivity contribution in [3.05, 3.63) is 58.5 Å². The van der Waals surface area contributed by atoms with Crippen LogP contribution in [0.5, 0.6) is 0 Å². The lowest BCUT2D eigenvalue weighted by molar-refractivity contribution is 0.221. The van der Waals surface area contributed by atoms with Gasteiger partial charge in [-0.1, -0.05) is 12.5 Å². The summed E-state index contributed by atoms with van der Waals surface area (Å²) in [5, 5.41) is 1.16. The molecule has 2 aromatic heterocycles. The standard InChI is InChI=1S/C19H21N3O/c23-19-16(5-4-8-20-19)18-12-15-11-14(6-7-17(15)21-18)13-22-9-2-1-3-10-22/h4-8,11-12,21H,1-3,9-10,13H2,(H,20,23). The largest absolute Gasteiger partial charge is 0.354 e. The summed E-state index contributed by atoms with van der Waals surface area (Å²) in [6.45, 7) is 3.42. The molecule has 4 rings (SSSR count). The third kappa shape index (κ3) is 2.94. The zero-order valence-electron chi connectivity index (χ0n) is 13.1. The number of hydrogen-bond acceptors (Lipinski definition) is 2. The van der Waals surface area contributed by atoms with E-state index in [1.54, 1.807) is 6.20 Å². The molecular formula is C19H21N3O. The summed E-state index contributed by atoms with van der Waals surface area (Å²) in [5.41, 5.74) is 3.91.